The maximum Gasteiger partial charge on any atom is 0.0575 e. The molecule has 0 aromatic heterocycles. The van der Waals surface area contributed by atoms with Gasteiger partial charge in [-0.05, 0) is 39.2 Å². The van der Waals surface area contributed by atoms with E-state index in [1.54, 1.807) is 0 Å². The van der Waals surface area contributed by atoms with E-state index in [0.717, 1.165) is 19.6 Å². The van der Waals surface area contributed by atoms with Crippen molar-refractivity contribution in [1.82, 2.24) is 5.32 Å². The van der Waals surface area contributed by atoms with Gasteiger partial charge in [-0.15, -0.1) is 0 Å². The molecule has 1 aliphatic rings. The van der Waals surface area contributed by atoms with E-state index in [4.69, 9.17) is 4.74 Å². The van der Waals surface area contributed by atoms with E-state index in [1.165, 1.54) is 44.9 Å². The van der Waals surface area contributed by atoms with Crippen LogP contribution in [0, 0.1) is 0 Å². The molecule has 1 atom stereocenters. The second-order valence-electron chi connectivity index (χ2n) is 5.13. The van der Waals surface area contributed by atoms with Gasteiger partial charge in [0.05, 0.1) is 6.10 Å². The molecule has 0 aromatic carbocycles. The highest BCUT2D eigenvalue weighted by Crippen LogP contribution is 2.19. The van der Waals surface area contributed by atoms with Gasteiger partial charge in [0.25, 0.3) is 0 Å². The van der Waals surface area contributed by atoms with Crippen molar-refractivity contribution in [2.75, 3.05) is 13.2 Å². The highest BCUT2D eigenvalue weighted by Gasteiger charge is 2.12. The fourth-order valence-electron chi connectivity index (χ4n) is 2.31. The minimum absolute atomic E-state index is 0.556. The lowest BCUT2D eigenvalue weighted by molar-refractivity contribution is 0.0384. The van der Waals surface area contributed by atoms with E-state index < -0.39 is 0 Å². The van der Waals surface area contributed by atoms with Crippen LogP contribution in [0.1, 0.15) is 65.2 Å². The van der Waals surface area contributed by atoms with Crippen molar-refractivity contribution >= 4 is 0 Å². The molecule has 2 heteroatoms. The summed E-state index contributed by atoms with van der Waals surface area (Å²) < 4.78 is 5.97. The summed E-state index contributed by atoms with van der Waals surface area (Å²) in [4.78, 5) is 0. The Kier molecular flexibility index (Phi) is 7.87. The van der Waals surface area contributed by atoms with Crippen LogP contribution >= 0.6 is 0 Å². The molecule has 0 heterocycles. The zero-order valence-corrected chi connectivity index (χ0v) is 11.1. The highest BCUT2D eigenvalue weighted by atomic mass is 16.5. The van der Waals surface area contributed by atoms with Crippen LogP contribution in [0.25, 0.3) is 0 Å². The van der Waals surface area contributed by atoms with Crippen LogP contribution in [-0.4, -0.2) is 25.3 Å². The van der Waals surface area contributed by atoms with Crippen LogP contribution in [0.3, 0.4) is 0 Å². The zero-order chi connectivity index (χ0) is 11.6. The van der Waals surface area contributed by atoms with Gasteiger partial charge in [-0.1, -0.05) is 32.6 Å². The van der Waals surface area contributed by atoms with Crippen molar-refractivity contribution in [3.05, 3.63) is 0 Å². The fourth-order valence-corrected chi connectivity index (χ4v) is 2.31. The summed E-state index contributed by atoms with van der Waals surface area (Å²) in [6.07, 6.45) is 11.1. The topological polar surface area (TPSA) is 21.3 Å². The number of rotatable bonds is 7. The summed E-state index contributed by atoms with van der Waals surface area (Å²) in [6.45, 7) is 6.53. The van der Waals surface area contributed by atoms with Crippen molar-refractivity contribution in [3.63, 3.8) is 0 Å². The van der Waals surface area contributed by atoms with E-state index in [1.807, 2.05) is 0 Å². The van der Waals surface area contributed by atoms with Crippen LogP contribution in [-0.2, 0) is 4.74 Å². The van der Waals surface area contributed by atoms with Crippen molar-refractivity contribution < 1.29 is 4.74 Å². The second kappa shape index (κ2) is 9.00. The SMILES string of the molecule is CCCNC(C)CCOC1CCCCCC1. The summed E-state index contributed by atoms with van der Waals surface area (Å²) in [5, 5.41) is 3.50. The first-order valence-corrected chi connectivity index (χ1v) is 7.18. The van der Waals surface area contributed by atoms with Gasteiger partial charge in [0.15, 0.2) is 0 Å². The summed E-state index contributed by atoms with van der Waals surface area (Å²) in [5.41, 5.74) is 0. The monoisotopic (exact) mass is 227 g/mol. The molecule has 0 amide bonds. The molecule has 1 rings (SSSR count). The number of hydrogen-bond donors (Lipinski definition) is 1. The third-order valence-corrected chi connectivity index (χ3v) is 3.45. The first-order chi connectivity index (χ1) is 7.83. The number of nitrogens with one attached hydrogen (secondary N) is 1. The van der Waals surface area contributed by atoms with Crippen LogP contribution in [0.5, 0.6) is 0 Å². The van der Waals surface area contributed by atoms with Crippen LogP contribution in [0.2, 0.25) is 0 Å². The molecule has 1 fully saturated rings. The molecule has 0 aromatic rings. The third-order valence-electron chi connectivity index (χ3n) is 3.45. The van der Waals surface area contributed by atoms with Gasteiger partial charge in [0.1, 0.15) is 0 Å². The summed E-state index contributed by atoms with van der Waals surface area (Å²) in [5.74, 6) is 0. The molecule has 1 N–H and O–H groups in total. The van der Waals surface area contributed by atoms with Gasteiger partial charge in [-0.2, -0.15) is 0 Å². The molecule has 1 unspecified atom stereocenters. The van der Waals surface area contributed by atoms with Gasteiger partial charge in [0.2, 0.25) is 0 Å². The number of hydrogen-bond acceptors (Lipinski definition) is 2. The molecule has 0 spiro atoms. The van der Waals surface area contributed by atoms with E-state index in [-0.39, 0.29) is 0 Å². The Balaban J connectivity index is 2.00. The summed E-state index contributed by atoms with van der Waals surface area (Å²) in [6, 6.07) is 0.603. The fraction of sp³-hybridized carbons (Fsp3) is 1.00. The van der Waals surface area contributed by atoms with Gasteiger partial charge in [0, 0.05) is 12.6 Å². The standard InChI is InChI=1S/C14H29NO/c1-3-11-15-13(2)10-12-16-14-8-6-4-5-7-9-14/h13-15H,3-12H2,1-2H3. The normalized spacial score (nSPS) is 20.6. The molecule has 0 bridgehead atoms. The minimum atomic E-state index is 0.556. The summed E-state index contributed by atoms with van der Waals surface area (Å²) in [7, 11) is 0. The quantitative estimate of drug-likeness (QED) is 0.672. The highest BCUT2D eigenvalue weighted by molar-refractivity contribution is 4.65. The molecule has 0 saturated heterocycles. The molecule has 0 aliphatic heterocycles. The van der Waals surface area contributed by atoms with Crippen LogP contribution in [0.4, 0.5) is 0 Å². The Bertz CT molecular complexity index is 153. The molecule has 16 heavy (non-hydrogen) atoms. The Hall–Kier alpha value is -0.0800. The van der Waals surface area contributed by atoms with E-state index >= 15 is 0 Å². The van der Waals surface area contributed by atoms with Crippen molar-refractivity contribution in [1.29, 1.82) is 0 Å². The Labute approximate surface area is 101 Å². The lowest BCUT2D eigenvalue weighted by Crippen LogP contribution is -2.28. The van der Waals surface area contributed by atoms with E-state index in [9.17, 15) is 0 Å². The zero-order valence-electron chi connectivity index (χ0n) is 11.1. The average Bonchev–Trinajstić information content (AvgIpc) is 2.55. The van der Waals surface area contributed by atoms with E-state index in [0.29, 0.717) is 12.1 Å². The summed E-state index contributed by atoms with van der Waals surface area (Å²) >= 11 is 0. The molecule has 96 valence electrons. The number of ether oxygens (including phenoxy) is 1. The molecular weight excluding hydrogens is 198 g/mol. The van der Waals surface area contributed by atoms with Crippen molar-refractivity contribution in [3.8, 4) is 0 Å². The van der Waals surface area contributed by atoms with E-state index in [2.05, 4.69) is 19.2 Å². The van der Waals surface area contributed by atoms with Gasteiger partial charge < -0.3 is 10.1 Å². The second-order valence-corrected chi connectivity index (χ2v) is 5.13. The molecule has 2 nitrogen and oxygen atoms in total. The first-order valence-electron chi connectivity index (χ1n) is 7.18. The molecule has 1 aliphatic carbocycles. The van der Waals surface area contributed by atoms with Crippen molar-refractivity contribution in [2.24, 2.45) is 0 Å². The lowest BCUT2D eigenvalue weighted by atomic mass is 10.1. The Morgan fingerprint density at radius 2 is 1.88 bits per heavy atom. The predicted molar refractivity (Wildman–Crippen MR) is 69.8 cm³/mol. The van der Waals surface area contributed by atoms with Gasteiger partial charge in [-0.25, -0.2) is 0 Å². The van der Waals surface area contributed by atoms with Gasteiger partial charge in [-0.3, -0.25) is 0 Å². The average molecular weight is 227 g/mol. The van der Waals surface area contributed by atoms with Crippen molar-refractivity contribution in [2.45, 2.75) is 77.4 Å². The molecular formula is C14H29NO. The molecule has 1 saturated carbocycles. The largest absolute Gasteiger partial charge is 0.378 e. The molecule has 0 radical (unpaired) electrons. The predicted octanol–water partition coefficient (Wildman–Crippen LogP) is 3.50. The van der Waals surface area contributed by atoms with Crippen LogP contribution < -0.4 is 5.32 Å². The first kappa shape index (κ1) is 14.0. The third kappa shape index (κ3) is 6.49. The maximum atomic E-state index is 5.97. The lowest BCUT2D eigenvalue weighted by Gasteiger charge is -2.18. The van der Waals surface area contributed by atoms with Gasteiger partial charge >= 0.3 is 0 Å². The smallest absolute Gasteiger partial charge is 0.0575 e. The Morgan fingerprint density at radius 1 is 1.19 bits per heavy atom. The minimum Gasteiger partial charge on any atom is -0.378 e. The van der Waals surface area contributed by atoms with Crippen LogP contribution in [0.15, 0.2) is 0 Å². The maximum absolute atomic E-state index is 5.97. The Morgan fingerprint density at radius 3 is 2.50 bits per heavy atom.